The maximum atomic E-state index is 12.5. The third-order valence-corrected chi connectivity index (χ3v) is 5.03. The Morgan fingerprint density at radius 1 is 1.00 bits per heavy atom. The normalized spacial score (nSPS) is 15.8. The van der Waals surface area contributed by atoms with Gasteiger partial charge in [0, 0.05) is 24.0 Å². The molecule has 1 aromatic heterocycles. The zero-order valence-electron chi connectivity index (χ0n) is 15.5. The van der Waals surface area contributed by atoms with Gasteiger partial charge in [-0.3, -0.25) is 9.78 Å². The van der Waals surface area contributed by atoms with Crippen LogP contribution in [0.4, 0.5) is 0 Å². The van der Waals surface area contributed by atoms with Crippen LogP contribution in [0.15, 0.2) is 42.7 Å². The Balaban J connectivity index is 1.75. The number of nitrogens with zero attached hydrogens (tertiary/aromatic N) is 1. The quantitative estimate of drug-likeness (QED) is 0.846. The van der Waals surface area contributed by atoms with Gasteiger partial charge in [0.2, 0.25) is 0 Å². The van der Waals surface area contributed by atoms with Crippen molar-refractivity contribution in [1.82, 2.24) is 10.3 Å². The Hall–Kier alpha value is -2.16. The van der Waals surface area contributed by atoms with Gasteiger partial charge in [-0.25, -0.2) is 0 Å². The minimum atomic E-state index is -0.00689. The molecule has 1 aliphatic carbocycles. The summed E-state index contributed by atoms with van der Waals surface area (Å²) in [6, 6.07) is 10.8. The summed E-state index contributed by atoms with van der Waals surface area (Å²) in [5.41, 5.74) is 4.15. The highest BCUT2D eigenvalue weighted by molar-refractivity contribution is 5.95. The zero-order chi connectivity index (χ0) is 17.9. The van der Waals surface area contributed by atoms with Gasteiger partial charge in [-0.1, -0.05) is 64.3 Å². The molecule has 0 spiro atoms. The summed E-state index contributed by atoms with van der Waals surface area (Å²) in [7, 11) is 0. The van der Waals surface area contributed by atoms with Crippen molar-refractivity contribution in [2.75, 3.05) is 0 Å². The van der Waals surface area contributed by atoms with Crippen LogP contribution in [0.3, 0.4) is 0 Å². The van der Waals surface area contributed by atoms with Gasteiger partial charge in [-0.05, 0) is 35.4 Å². The first kappa shape index (κ1) is 17.7. The smallest absolute Gasteiger partial charge is 0.253 e. The summed E-state index contributed by atoms with van der Waals surface area (Å²) in [5, 5.41) is 3.16. The minimum absolute atomic E-state index is 0.00689. The number of pyridine rings is 1. The lowest BCUT2D eigenvalue weighted by molar-refractivity contribution is 0.0927. The molecule has 1 saturated carbocycles. The molecule has 1 heterocycles. The lowest BCUT2D eigenvalue weighted by atomic mass is 9.86. The second-order valence-corrected chi connectivity index (χ2v) is 8.10. The average molecular weight is 336 g/mol. The topological polar surface area (TPSA) is 42.0 Å². The van der Waals surface area contributed by atoms with Crippen molar-refractivity contribution >= 4 is 5.91 Å². The molecule has 1 fully saturated rings. The summed E-state index contributed by atoms with van der Waals surface area (Å²) in [6.07, 6.45) is 9.37. The number of hydrogen-bond donors (Lipinski definition) is 1. The Kier molecular flexibility index (Phi) is 5.22. The van der Waals surface area contributed by atoms with Crippen LogP contribution in [0.25, 0.3) is 11.1 Å². The number of benzene rings is 1. The number of hydrogen-bond acceptors (Lipinski definition) is 2. The molecule has 0 radical (unpaired) electrons. The Labute approximate surface area is 150 Å². The molecule has 0 saturated heterocycles. The molecule has 1 aliphatic rings. The maximum Gasteiger partial charge on any atom is 0.253 e. The van der Waals surface area contributed by atoms with Crippen molar-refractivity contribution in [2.24, 2.45) is 0 Å². The van der Waals surface area contributed by atoms with Crippen molar-refractivity contribution in [3.05, 3.63) is 53.9 Å². The van der Waals surface area contributed by atoms with Gasteiger partial charge in [0.05, 0.1) is 5.56 Å². The van der Waals surface area contributed by atoms with Gasteiger partial charge in [-0.15, -0.1) is 0 Å². The third kappa shape index (κ3) is 4.47. The first-order valence-electron chi connectivity index (χ1n) is 9.30. The molecule has 132 valence electrons. The molecule has 1 N–H and O–H groups in total. The molecule has 2 aromatic rings. The SMILES string of the molecule is CC(C)(C)c1ccc(-c2cncc(C(=O)NC3CCCCC3)c2)cc1. The van der Waals surface area contributed by atoms with Crippen molar-refractivity contribution in [3.63, 3.8) is 0 Å². The van der Waals surface area contributed by atoms with E-state index in [1.165, 1.54) is 24.8 Å². The van der Waals surface area contributed by atoms with Crippen LogP contribution >= 0.6 is 0 Å². The van der Waals surface area contributed by atoms with Crippen LogP contribution in [0.1, 0.15) is 68.8 Å². The van der Waals surface area contributed by atoms with E-state index in [0.717, 1.165) is 24.0 Å². The summed E-state index contributed by atoms with van der Waals surface area (Å²) in [6.45, 7) is 6.62. The highest BCUT2D eigenvalue weighted by atomic mass is 16.1. The molecule has 0 unspecified atom stereocenters. The molecule has 0 bridgehead atoms. The Morgan fingerprint density at radius 3 is 2.32 bits per heavy atom. The minimum Gasteiger partial charge on any atom is -0.349 e. The van der Waals surface area contributed by atoms with E-state index in [4.69, 9.17) is 0 Å². The molecule has 3 heteroatoms. The van der Waals surface area contributed by atoms with Crippen LogP contribution in [0.2, 0.25) is 0 Å². The van der Waals surface area contributed by atoms with Crippen LogP contribution in [-0.4, -0.2) is 16.9 Å². The van der Waals surface area contributed by atoms with E-state index in [-0.39, 0.29) is 11.3 Å². The van der Waals surface area contributed by atoms with Crippen LogP contribution in [0, 0.1) is 0 Å². The number of nitrogens with one attached hydrogen (secondary N) is 1. The number of rotatable bonds is 3. The first-order chi connectivity index (χ1) is 11.9. The average Bonchev–Trinajstić information content (AvgIpc) is 2.62. The molecular formula is C22H28N2O. The molecule has 0 aliphatic heterocycles. The molecule has 25 heavy (non-hydrogen) atoms. The lowest BCUT2D eigenvalue weighted by Gasteiger charge is -2.22. The monoisotopic (exact) mass is 336 g/mol. The molecule has 1 amide bonds. The van der Waals surface area contributed by atoms with Crippen molar-refractivity contribution in [3.8, 4) is 11.1 Å². The Morgan fingerprint density at radius 2 is 1.68 bits per heavy atom. The van der Waals surface area contributed by atoms with E-state index in [1.807, 2.05) is 12.3 Å². The van der Waals surface area contributed by atoms with E-state index in [2.05, 4.69) is 55.3 Å². The summed E-state index contributed by atoms with van der Waals surface area (Å²) in [5.74, 6) is -0.00689. The van der Waals surface area contributed by atoms with Crippen LogP contribution in [-0.2, 0) is 5.41 Å². The molecule has 3 nitrogen and oxygen atoms in total. The largest absolute Gasteiger partial charge is 0.349 e. The van der Waals surface area contributed by atoms with Crippen molar-refractivity contribution in [1.29, 1.82) is 0 Å². The van der Waals surface area contributed by atoms with Crippen molar-refractivity contribution in [2.45, 2.75) is 64.3 Å². The zero-order valence-corrected chi connectivity index (χ0v) is 15.5. The van der Waals surface area contributed by atoms with Crippen LogP contribution in [0.5, 0.6) is 0 Å². The summed E-state index contributed by atoms with van der Waals surface area (Å²) >= 11 is 0. The number of carbonyl (C=O) groups is 1. The predicted octanol–water partition coefficient (Wildman–Crippen LogP) is 5.11. The fraction of sp³-hybridized carbons (Fsp3) is 0.455. The second-order valence-electron chi connectivity index (χ2n) is 8.10. The standard InChI is InChI=1S/C22H28N2O/c1-22(2,3)19-11-9-16(10-12-19)17-13-18(15-23-14-17)21(25)24-20-7-5-4-6-8-20/h9-15,20H,4-8H2,1-3H3,(H,24,25). The molecule has 1 aromatic carbocycles. The van der Waals surface area contributed by atoms with Crippen LogP contribution < -0.4 is 5.32 Å². The molecule has 0 atom stereocenters. The highest BCUT2D eigenvalue weighted by Gasteiger charge is 2.17. The fourth-order valence-corrected chi connectivity index (χ4v) is 3.40. The highest BCUT2D eigenvalue weighted by Crippen LogP contribution is 2.26. The summed E-state index contributed by atoms with van der Waals surface area (Å²) in [4.78, 5) is 16.8. The fourth-order valence-electron chi connectivity index (χ4n) is 3.40. The van der Waals surface area contributed by atoms with Gasteiger partial charge < -0.3 is 5.32 Å². The predicted molar refractivity (Wildman–Crippen MR) is 103 cm³/mol. The van der Waals surface area contributed by atoms with E-state index in [9.17, 15) is 4.79 Å². The van der Waals surface area contributed by atoms with Crippen molar-refractivity contribution < 1.29 is 4.79 Å². The number of aromatic nitrogens is 1. The second kappa shape index (κ2) is 7.38. The first-order valence-corrected chi connectivity index (χ1v) is 9.30. The third-order valence-electron chi connectivity index (χ3n) is 5.03. The molecule has 3 rings (SSSR count). The van der Waals surface area contributed by atoms with E-state index in [0.29, 0.717) is 11.6 Å². The van der Waals surface area contributed by atoms with Gasteiger partial charge in [-0.2, -0.15) is 0 Å². The van der Waals surface area contributed by atoms with Gasteiger partial charge >= 0.3 is 0 Å². The summed E-state index contributed by atoms with van der Waals surface area (Å²) < 4.78 is 0. The molecular weight excluding hydrogens is 308 g/mol. The van der Waals surface area contributed by atoms with Gasteiger partial charge in [0.15, 0.2) is 0 Å². The van der Waals surface area contributed by atoms with Gasteiger partial charge in [0.25, 0.3) is 5.91 Å². The van der Waals surface area contributed by atoms with E-state index >= 15 is 0 Å². The number of carbonyl (C=O) groups excluding carboxylic acids is 1. The van der Waals surface area contributed by atoms with Gasteiger partial charge in [0.1, 0.15) is 0 Å². The number of amides is 1. The Bertz CT molecular complexity index is 722. The lowest BCUT2D eigenvalue weighted by Crippen LogP contribution is -2.36. The van der Waals surface area contributed by atoms with E-state index in [1.54, 1.807) is 6.20 Å². The maximum absolute atomic E-state index is 12.5. The van der Waals surface area contributed by atoms with E-state index < -0.39 is 0 Å².